The number of ether oxygens (including phenoxy) is 1. The van der Waals surface area contributed by atoms with Crippen LogP contribution in [0.3, 0.4) is 0 Å². The second kappa shape index (κ2) is 10.9. The molecule has 0 aromatic heterocycles. The van der Waals surface area contributed by atoms with Crippen LogP contribution in [-0.2, 0) is 12.8 Å². The molecule has 0 bridgehead atoms. The van der Waals surface area contributed by atoms with Crippen molar-refractivity contribution in [1.82, 2.24) is 0 Å². The van der Waals surface area contributed by atoms with Crippen LogP contribution in [0.15, 0.2) is 72.8 Å². The van der Waals surface area contributed by atoms with Crippen molar-refractivity contribution in [3.8, 4) is 16.9 Å². The Labute approximate surface area is 187 Å². The van der Waals surface area contributed by atoms with Gasteiger partial charge in [0.05, 0.1) is 5.56 Å². The van der Waals surface area contributed by atoms with Crippen molar-refractivity contribution in [2.75, 3.05) is 0 Å². The van der Waals surface area contributed by atoms with Crippen LogP contribution in [-0.4, -0.2) is 5.97 Å². The smallest absolute Gasteiger partial charge is 0.343 e. The van der Waals surface area contributed by atoms with E-state index in [2.05, 4.69) is 52.0 Å². The first-order valence-corrected chi connectivity index (χ1v) is 11.5. The summed E-state index contributed by atoms with van der Waals surface area (Å²) in [4.78, 5) is 12.5. The number of carbonyl (C=O) groups excluding carboxylic acids is 1. The summed E-state index contributed by atoms with van der Waals surface area (Å²) in [5.74, 6) is 1.61. The fraction of sp³-hybridized carbons (Fsp3) is 0.345. The first-order chi connectivity index (χ1) is 15.0. The van der Waals surface area contributed by atoms with Crippen LogP contribution in [0.5, 0.6) is 5.75 Å². The number of hydrogen-bond acceptors (Lipinski definition) is 2. The lowest BCUT2D eigenvalue weighted by Gasteiger charge is -2.10. The van der Waals surface area contributed by atoms with Gasteiger partial charge in [0.15, 0.2) is 0 Å². The van der Waals surface area contributed by atoms with Crippen LogP contribution in [0.1, 0.15) is 62.0 Å². The third kappa shape index (κ3) is 6.55. The van der Waals surface area contributed by atoms with Crippen molar-refractivity contribution >= 4 is 5.97 Å². The van der Waals surface area contributed by atoms with E-state index in [4.69, 9.17) is 4.74 Å². The molecule has 0 heterocycles. The highest BCUT2D eigenvalue weighted by Gasteiger charge is 2.10. The standard InChI is InChI=1S/C29H34O2/c1-5-21(3)19-23-7-11-25(12-8-23)26-13-15-27(16-14-26)29(30)31-28-17-9-24(10-18-28)20-22(4)6-2/h7-18,21-22H,5-6,19-20H2,1-4H3/t21-,22-/m0/s1. The molecular weight excluding hydrogens is 380 g/mol. The minimum absolute atomic E-state index is 0.329. The molecule has 0 radical (unpaired) electrons. The quantitative estimate of drug-likeness (QED) is 0.264. The summed E-state index contributed by atoms with van der Waals surface area (Å²) in [5, 5.41) is 0. The lowest BCUT2D eigenvalue weighted by Crippen LogP contribution is -2.08. The number of esters is 1. The molecular formula is C29H34O2. The van der Waals surface area contributed by atoms with Crippen LogP contribution in [0.25, 0.3) is 11.1 Å². The Kier molecular flexibility index (Phi) is 8.06. The Morgan fingerprint density at radius 3 is 1.55 bits per heavy atom. The molecule has 0 saturated carbocycles. The fourth-order valence-corrected chi connectivity index (χ4v) is 3.58. The van der Waals surface area contributed by atoms with Gasteiger partial charge >= 0.3 is 5.97 Å². The topological polar surface area (TPSA) is 26.3 Å². The molecule has 0 aliphatic rings. The second-order valence-electron chi connectivity index (χ2n) is 8.74. The van der Waals surface area contributed by atoms with Gasteiger partial charge in [0, 0.05) is 0 Å². The van der Waals surface area contributed by atoms with E-state index in [0.717, 1.165) is 30.4 Å². The van der Waals surface area contributed by atoms with Crippen LogP contribution in [0, 0.1) is 11.8 Å². The van der Waals surface area contributed by atoms with Gasteiger partial charge in [-0.15, -0.1) is 0 Å². The van der Waals surface area contributed by atoms with Crippen molar-refractivity contribution in [2.24, 2.45) is 11.8 Å². The van der Waals surface area contributed by atoms with Gasteiger partial charge in [0.1, 0.15) is 5.75 Å². The van der Waals surface area contributed by atoms with E-state index in [0.29, 0.717) is 23.1 Å². The maximum atomic E-state index is 12.5. The first-order valence-electron chi connectivity index (χ1n) is 11.5. The van der Waals surface area contributed by atoms with E-state index in [-0.39, 0.29) is 5.97 Å². The Balaban J connectivity index is 1.61. The molecule has 2 heteroatoms. The number of rotatable bonds is 9. The van der Waals surface area contributed by atoms with Gasteiger partial charge < -0.3 is 4.74 Å². The van der Waals surface area contributed by atoms with Crippen molar-refractivity contribution in [3.63, 3.8) is 0 Å². The third-order valence-electron chi connectivity index (χ3n) is 6.10. The van der Waals surface area contributed by atoms with E-state index in [1.165, 1.54) is 17.5 Å². The van der Waals surface area contributed by atoms with Gasteiger partial charge in [-0.3, -0.25) is 0 Å². The second-order valence-corrected chi connectivity index (χ2v) is 8.74. The Bertz CT molecular complexity index is 953. The predicted octanol–water partition coefficient (Wildman–Crippen LogP) is 7.75. The molecule has 0 spiro atoms. The average Bonchev–Trinajstić information content (AvgIpc) is 2.80. The third-order valence-corrected chi connectivity index (χ3v) is 6.10. The SMILES string of the molecule is CC[C@H](C)Cc1ccc(OC(=O)c2ccc(-c3ccc(C[C@@H](C)CC)cc3)cc2)cc1. The van der Waals surface area contributed by atoms with E-state index >= 15 is 0 Å². The highest BCUT2D eigenvalue weighted by Crippen LogP contribution is 2.23. The molecule has 31 heavy (non-hydrogen) atoms. The van der Waals surface area contributed by atoms with Gasteiger partial charge in [0.25, 0.3) is 0 Å². The van der Waals surface area contributed by atoms with Crippen LogP contribution < -0.4 is 4.74 Å². The Morgan fingerprint density at radius 2 is 1.10 bits per heavy atom. The summed E-state index contributed by atoms with van der Waals surface area (Å²) in [5.41, 5.74) is 5.45. The zero-order valence-corrected chi connectivity index (χ0v) is 19.2. The normalized spacial score (nSPS) is 12.9. The van der Waals surface area contributed by atoms with Gasteiger partial charge in [0.2, 0.25) is 0 Å². The summed E-state index contributed by atoms with van der Waals surface area (Å²) in [6, 6.07) is 24.2. The van der Waals surface area contributed by atoms with Crippen molar-refractivity contribution < 1.29 is 9.53 Å². The molecule has 162 valence electrons. The van der Waals surface area contributed by atoms with Gasteiger partial charge in [-0.2, -0.15) is 0 Å². The zero-order chi connectivity index (χ0) is 22.2. The molecule has 3 aromatic rings. The molecule has 2 atom stereocenters. The van der Waals surface area contributed by atoms with E-state index in [9.17, 15) is 4.79 Å². The zero-order valence-electron chi connectivity index (χ0n) is 19.2. The highest BCUT2D eigenvalue weighted by molar-refractivity contribution is 5.91. The molecule has 0 aliphatic heterocycles. The summed E-state index contributed by atoms with van der Waals surface area (Å²) in [6.45, 7) is 8.97. The lowest BCUT2D eigenvalue weighted by molar-refractivity contribution is 0.0734. The molecule has 2 nitrogen and oxygen atoms in total. The van der Waals surface area contributed by atoms with Gasteiger partial charge in [-0.05, 0) is 71.2 Å². The van der Waals surface area contributed by atoms with Crippen LogP contribution in [0.4, 0.5) is 0 Å². The molecule has 0 saturated heterocycles. The van der Waals surface area contributed by atoms with E-state index in [1.807, 2.05) is 48.5 Å². The number of benzene rings is 3. The largest absolute Gasteiger partial charge is 0.423 e. The Morgan fingerprint density at radius 1 is 0.677 bits per heavy atom. The number of hydrogen-bond donors (Lipinski definition) is 0. The van der Waals surface area contributed by atoms with Crippen molar-refractivity contribution in [1.29, 1.82) is 0 Å². The lowest BCUT2D eigenvalue weighted by atomic mass is 9.96. The molecule has 0 unspecified atom stereocenters. The molecule has 0 fully saturated rings. The van der Waals surface area contributed by atoms with Crippen LogP contribution in [0.2, 0.25) is 0 Å². The summed E-state index contributed by atoms with van der Waals surface area (Å²) in [6.07, 6.45) is 4.52. The monoisotopic (exact) mass is 414 g/mol. The molecule has 3 aromatic carbocycles. The summed E-state index contributed by atoms with van der Waals surface area (Å²) >= 11 is 0. The van der Waals surface area contributed by atoms with Crippen molar-refractivity contribution in [2.45, 2.75) is 53.4 Å². The molecule has 0 N–H and O–H groups in total. The van der Waals surface area contributed by atoms with E-state index in [1.54, 1.807) is 0 Å². The average molecular weight is 415 g/mol. The maximum absolute atomic E-state index is 12.5. The first kappa shape index (κ1) is 22.8. The van der Waals surface area contributed by atoms with E-state index < -0.39 is 0 Å². The van der Waals surface area contributed by atoms with Crippen molar-refractivity contribution in [3.05, 3.63) is 89.5 Å². The van der Waals surface area contributed by atoms with Crippen LogP contribution >= 0.6 is 0 Å². The maximum Gasteiger partial charge on any atom is 0.343 e. The summed E-state index contributed by atoms with van der Waals surface area (Å²) in [7, 11) is 0. The molecule has 0 amide bonds. The van der Waals surface area contributed by atoms with Gasteiger partial charge in [-0.1, -0.05) is 89.1 Å². The number of carbonyl (C=O) groups is 1. The minimum Gasteiger partial charge on any atom is -0.423 e. The fourth-order valence-electron chi connectivity index (χ4n) is 3.58. The van der Waals surface area contributed by atoms with Gasteiger partial charge in [-0.25, -0.2) is 4.79 Å². The predicted molar refractivity (Wildman–Crippen MR) is 130 cm³/mol. The minimum atomic E-state index is -0.329. The molecule has 0 aliphatic carbocycles. The summed E-state index contributed by atoms with van der Waals surface area (Å²) < 4.78 is 5.56. The molecule has 3 rings (SSSR count). The highest BCUT2D eigenvalue weighted by atomic mass is 16.5. The Hall–Kier alpha value is -2.87.